The van der Waals surface area contributed by atoms with Gasteiger partial charge in [-0.15, -0.1) is 0 Å². The van der Waals surface area contributed by atoms with Crippen molar-refractivity contribution < 1.29 is 24.0 Å². The number of carbonyl (C=O) groups is 2. The van der Waals surface area contributed by atoms with E-state index < -0.39 is 5.92 Å². The third-order valence-corrected chi connectivity index (χ3v) is 7.75. The molecule has 0 saturated carbocycles. The van der Waals surface area contributed by atoms with Crippen molar-refractivity contribution in [1.29, 1.82) is 0 Å². The van der Waals surface area contributed by atoms with Crippen molar-refractivity contribution >= 4 is 33.4 Å². The number of allylic oxidation sites excluding steroid dienone is 3. The SMILES string of the molecule is COc1ccc(C2C(C(=O)Nc3ccc(C)c[nH+]3)=C(C)NC3=C2C(=O)CCC3)cc1COc1ccccc1Br. The highest BCUT2D eigenvalue weighted by atomic mass is 79.9. The van der Waals surface area contributed by atoms with Crippen LogP contribution in [0.3, 0.4) is 0 Å². The number of H-pyrrole nitrogens is 1. The topological polar surface area (TPSA) is 90.8 Å². The normalized spacial score (nSPS) is 16.9. The van der Waals surface area contributed by atoms with Crippen LogP contribution < -0.4 is 25.1 Å². The molecule has 39 heavy (non-hydrogen) atoms. The van der Waals surface area contributed by atoms with Crippen LogP contribution in [0, 0.1) is 6.92 Å². The number of amides is 1. The van der Waals surface area contributed by atoms with Crippen LogP contribution in [0.25, 0.3) is 0 Å². The molecule has 0 fully saturated rings. The predicted molar refractivity (Wildman–Crippen MR) is 152 cm³/mol. The third-order valence-electron chi connectivity index (χ3n) is 7.09. The maximum atomic E-state index is 13.8. The van der Waals surface area contributed by atoms with Crippen LogP contribution in [0.4, 0.5) is 5.82 Å². The van der Waals surface area contributed by atoms with Gasteiger partial charge in [0.05, 0.1) is 23.4 Å². The van der Waals surface area contributed by atoms with E-state index in [-0.39, 0.29) is 18.3 Å². The van der Waals surface area contributed by atoms with Gasteiger partial charge in [0.25, 0.3) is 5.82 Å². The Morgan fingerprint density at radius 3 is 2.67 bits per heavy atom. The number of rotatable bonds is 7. The number of ether oxygens (including phenoxy) is 2. The lowest BCUT2D eigenvalue weighted by atomic mass is 9.74. The molecule has 3 aromatic rings. The van der Waals surface area contributed by atoms with E-state index in [0.29, 0.717) is 34.9 Å². The summed E-state index contributed by atoms with van der Waals surface area (Å²) in [7, 11) is 1.62. The lowest BCUT2D eigenvalue weighted by Gasteiger charge is -2.34. The smallest absolute Gasteiger partial charge is 0.337 e. The van der Waals surface area contributed by atoms with Crippen molar-refractivity contribution in [2.75, 3.05) is 12.4 Å². The van der Waals surface area contributed by atoms with E-state index in [1.54, 1.807) is 7.11 Å². The van der Waals surface area contributed by atoms with E-state index in [1.807, 2.05) is 74.6 Å². The Bertz CT molecular complexity index is 1490. The van der Waals surface area contributed by atoms with Crippen molar-refractivity contribution in [3.8, 4) is 11.5 Å². The van der Waals surface area contributed by atoms with Crippen LogP contribution in [0.2, 0.25) is 0 Å². The minimum absolute atomic E-state index is 0.0651. The quantitative estimate of drug-likeness (QED) is 0.366. The van der Waals surface area contributed by atoms with E-state index in [9.17, 15) is 9.59 Å². The first-order valence-corrected chi connectivity index (χ1v) is 13.7. The van der Waals surface area contributed by atoms with Gasteiger partial charge in [0, 0.05) is 40.9 Å². The summed E-state index contributed by atoms with van der Waals surface area (Å²) in [6, 6.07) is 17.2. The molecule has 0 saturated heterocycles. The van der Waals surface area contributed by atoms with E-state index in [1.165, 1.54) is 0 Å². The summed E-state index contributed by atoms with van der Waals surface area (Å²) < 4.78 is 12.6. The van der Waals surface area contributed by atoms with E-state index in [2.05, 4.69) is 31.5 Å². The van der Waals surface area contributed by atoms with Crippen molar-refractivity contribution in [2.24, 2.45) is 0 Å². The number of methoxy groups -OCH3 is 1. The number of anilines is 1. The Hall–Kier alpha value is -3.91. The highest BCUT2D eigenvalue weighted by molar-refractivity contribution is 9.10. The van der Waals surface area contributed by atoms with Crippen molar-refractivity contribution in [3.05, 3.63) is 104 Å². The number of aromatic amines is 1. The van der Waals surface area contributed by atoms with Crippen LogP contribution in [-0.4, -0.2) is 18.8 Å². The number of hydrogen-bond acceptors (Lipinski definition) is 5. The van der Waals surface area contributed by atoms with Crippen LogP contribution in [0.5, 0.6) is 11.5 Å². The average Bonchev–Trinajstić information content (AvgIpc) is 2.93. The van der Waals surface area contributed by atoms with Gasteiger partial charge >= 0.3 is 5.91 Å². The number of ketones is 1. The molecule has 3 N–H and O–H groups in total. The van der Waals surface area contributed by atoms with Crippen LogP contribution in [-0.2, 0) is 16.2 Å². The largest absolute Gasteiger partial charge is 0.496 e. The molecule has 1 aliphatic heterocycles. The summed E-state index contributed by atoms with van der Waals surface area (Å²) >= 11 is 3.53. The Labute approximate surface area is 236 Å². The van der Waals surface area contributed by atoms with E-state index in [0.717, 1.165) is 45.4 Å². The second kappa shape index (κ2) is 11.5. The summed E-state index contributed by atoms with van der Waals surface area (Å²) in [5, 5.41) is 6.37. The summed E-state index contributed by atoms with van der Waals surface area (Å²) in [5.41, 5.74) is 5.52. The molecular formula is C31H31BrN3O4+. The van der Waals surface area contributed by atoms with Gasteiger partial charge in [0.15, 0.2) is 5.78 Å². The molecule has 1 unspecified atom stereocenters. The molecule has 2 aromatic carbocycles. The second-order valence-electron chi connectivity index (χ2n) is 9.79. The molecule has 200 valence electrons. The van der Waals surface area contributed by atoms with Crippen LogP contribution >= 0.6 is 15.9 Å². The van der Waals surface area contributed by atoms with Crippen LogP contribution in [0.1, 0.15) is 48.8 Å². The van der Waals surface area contributed by atoms with Gasteiger partial charge in [0.1, 0.15) is 18.1 Å². The highest BCUT2D eigenvalue weighted by Crippen LogP contribution is 2.43. The molecule has 1 aromatic heterocycles. The summed E-state index contributed by atoms with van der Waals surface area (Å²) in [6.45, 7) is 4.12. The van der Waals surface area contributed by atoms with E-state index >= 15 is 0 Å². The van der Waals surface area contributed by atoms with Gasteiger partial charge in [-0.05, 0) is 84.1 Å². The van der Waals surface area contributed by atoms with Gasteiger partial charge in [-0.3, -0.25) is 4.79 Å². The van der Waals surface area contributed by atoms with Crippen molar-refractivity contribution in [1.82, 2.24) is 5.32 Å². The number of halogens is 1. The number of nitrogens with one attached hydrogen (secondary N) is 3. The van der Waals surface area contributed by atoms with E-state index in [4.69, 9.17) is 9.47 Å². The standard InChI is InChI=1S/C31H30BrN3O4/c1-18-11-14-27(33-16-18)35-31(37)28-19(2)34-23-8-6-9-24(36)30(23)29(28)20-12-13-25(38-3)21(15-20)17-39-26-10-5-4-7-22(26)32/h4-5,7,10-16,29,34H,6,8-9,17H2,1-3H3,(H,33,35,37)/p+1. The molecule has 5 rings (SSSR count). The fourth-order valence-corrected chi connectivity index (χ4v) is 5.60. The molecule has 8 heteroatoms. The number of para-hydroxylation sites is 1. The fraction of sp³-hybridized carbons (Fsp3) is 0.258. The minimum Gasteiger partial charge on any atom is -0.496 e. The number of aromatic nitrogens is 1. The minimum atomic E-state index is -0.521. The van der Waals surface area contributed by atoms with Gasteiger partial charge in [-0.2, -0.15) is 0 Å². The van der Waals surface area contributed by atoms with Gasteiger partial charge in [0.2, 0.25) is 0 Å². The maximum Gasteiger partial charge on any atom is 0.337 e. The average molecular weight is 590 g/mol. The molecule has 2 heterocycles. The molecule has 1 amide bonds. The lowest BCUT2D eigenvalue weighted by Crippen LogP contribution is -2.36. The fourth-order valence-electron chi connectivity index (χ4n) is 5.20. The first kappa shape index (κ1) is 26.7. The number of benzene rings is 2. The highest BCUT2D eigenvalue weighted by Gasteiger charge is 2.40. The number of aryl methyl sites for hydroxylation is 1. The second-order valence-corrected chi connectivity index (χ2v) is 10.6. The van der Waals surface area contributed by atoms with Crippen LogP contribution in [0.15, 0.2) is 87.8 Å². The number of carbonyl (C=O) groups excluding carboxylic acids is 2. The summed E-state index contributed by atoms with van der Waals surface area (Å²) in [4.78, 5) is 30.2. The molecule has 7 nitrogen and oxygen atoms in total. The zero-order valence-corrected chi connectivity index (χ0v) is 23.8. The molecule has 0 bridgehead atoms. The molecule has 1 atom stereocenters. The lowest BCUT2D eigenvalue weighted by molar-refractivity contribution is -0.361. The molecule has 1 aliphatic carbocycles. The Morgan fingerprint density at radius 2 is 1.92 bits per heavy atom. The molecule has 2 aliphatic rings. The summed E-state index contributed by atoms with van der Waals surface area (Å²) in [5.74, 6) is 1.24. The van der Waals surface area contributed by atoms with Crippen molar-refractivity contribution in [3.63, 3.8) is 0 Å². The Balaban J connectivity index is 1.55. The Morgan fingerprint density at radius 1 is 1.10 bits per heavy atom. The maximum absolute atomic E-state index is 13.8. The van der Waals surface area contributed by atoms with Crippen molar-refractivity contribution in [2.45, 2.75) is 45.6 Å². The van der Waals surface area contributed by atoms with Gasteiger partial charge in [-0.25, -0.2) is 15.1 Å². The van der Waals surface area contributed by atoms with Gasteiger partial charge < -0.3 is 14.8 Å². The van der Waals surface area contributed by atoms with Gasteiger partial charge in [-0.1, -0.05) is 18.2 Å². The Kier molecular flexibility index (Phi) is 7.84. The number of hydrogen-bond donors (Lipinski definition) is 2. The number of Topliss-reactive ketones (excluding diaryl/α,β-unsaturated/α-hetero) is 1. The zero-order chi connectivity index (χ0) is 27.5. The zero-order valence-electron chi connectivity index (χ0n) is 22.2. The number of dihydropyridines is 1. The molecule has 0 radical (unpaired) electrons. The first-order valence-electron chi connectivity index (χ1n) is 12.9. The summed E-state index contributed by atoms with van der Waals surface area (Å²) in [6.07, 6.45) is 3.85. The monoisotopic (exact) mass is 588 g/mol. The first-order chi connectivity index (χ1) is 18.9. The predicted octanol–water partition coefficient (Wildman–Crippen LogP) is 5.77. The number of pyridine rings is 1. The molecular weight excluding hydrogens is 558 g/mol. The third kappa shape index (κ3) is 5.61. The molecule has 0 spiro atoms.